The molecule has 0 unspecified atom stereocenters. The van der Waals surface area contributed by atoms with Crippen molar-refractivity contribution in [2.24, 2.45) is 0 Å². The van der Waals surface area contributed by atoms with Crippen LogP contribution < -0.4 is 5.32 Å². The largest absolute Gasteiger partial charge is 0.339 e. The van der Waals surface area contributed by atoms with Crippen molar-refractivity contribution in [1.82, 2.24) is 5.32 Å². The van der Waals surface area contributed by atoms with E-state index in [1.54, 1.807) is 6.92 Å². The average Bonchev–Trinajstić information content (AvgIpc) is 2.14. The molecular weight excluding hydrogens is 229 g/mol. The van der Waals surface area contributed by atoms with Gasteiger partial charge in [-0.15, -0.1) is 0 Å². The van der Waals surface area contributed by atoms with Crippen LogP contribution in [-0.4, -0.2) is 28.4 Å². The second-order valence-electron chi connectivity index (χ2n) is 3.84. The zero-order chi connectivity index (χ0) is 12.6. The molecule has 0 aromatic heterocycles. The van der Waals surface area contributed by atoms with E-state index < -0.39 is 7.60 Å². The Morgan fingerprint density at radius 3 is 2.44 bits per heavy atom. The molecule has 0 aliphatic carbocycles. The fourth-order valence-electron chi connectivity index (χ4n) is 1.15. The summed E-state index contributed by atoms with van der Waals surface area (Å²) in [6.07, 6.45) is 2.70. The lowest BCUT2D eigenvalue weighted by Crippen LogP contribution is -2.16. The molecule has 0 heterocycles. The van der Waals surface area contributed by atoms with Crippen molar-refractivity contribution in [3.63, 3.8) is 0 Å². The molecule has 0 aromatic carbocycles. The van der Waals surface area contributed by atoms with Crippen molar-refractivity contribution < 1.29 is 19.1 Å². The molecule has 0 aliphatic rings. The maximum atomic E-state index is 11.1. The first kappa shape index (κ1) is 15.5. The molecule has 0 fully saturated rings. The van der Waals surface area contributed by atoms with Crippen LogP contribution in [0.15, 0.2) is 12.2 Å². The summed E-state index contributed by atoms with van der Waals surface area (Å²) in [5.74, 6) is 0.0863. The van der Waals surface area contributed by atoms with E-state index in [2.05, 4.69) is 11.9 Å². The SMILES string of the molecule is C=C(C)C(=O)CCCCCNCP(=O)(O)O. The number of ketones is 1. The second kappa shape index (κ2) is 7.74. The van der Waals surface area contributed by atoms with E-state index in [1.807, 2.05) is 0 Å². The first-order valence-corrected chi connectivity index (χ1v) is 7.06. The topological polar surface area (TPSA) is 86.6 Å². The Morgan fingerprint density at radius 1 is 1.31 bits per heavy atom. The third kappa shape index (κ3) is 10.1. The highest BCUT2D eigenvalue weighted by Gasteiger charge is 2.10. The highest BCUT2D eigenvalue weighted by atomic mass is 31.2. The van der Waals surface area contributed by atoms with Gasteiger partial charge < -0.3 is 15.1 Å². The van der Waals surface area contributed by atoms with E-state index in [4.69, 9.17) is 9.79 Å². The van der Waals surface area contributed by atoms with Crippen LogP contribution >= 0.6 is 7.60 Å². The number of carbonyl (C=O) groups excluding carboxylic acids is 1. The van der Waals surface area contributed by atoms with E-state index >= 15 is 0 Å². The predicted molar refractivity (Wildman–Crippen MR) is 63.2 cm³/mol. The number of rotatable bonds is 9. The normalized spacial score (nSPS) is 11.4. The van der Waals surface area contributed by atoms with Crippen LogP contribution in [0.3, 0.4) is 0 Å². The summed E-state index contributed by atoms with van der Waals surface area (Å²) in [6.45, 7) is 5.82. The molecule has 5 nitrogen and oxygen atoms in total. The molecule has 0 bridgehead atoms. The summed E-state index contributed by atoms with van der Waals surface area (Å²) < 4.78 is 10.5. The minimum atomic E-state index is -3.93. The maximum absolute atomic E-state index is 11.1. The Bertz CT molecular complexity index is 285. The number of allylic oxidation sites excluding steroid dienone is 1. The Kier molecular flexibility index (Phi) is 7.51. The zero-order valence-electron chi connectivity index (χ0n) is 9.61. The van der Waals surface area contributed by atoms with Crippen LogP contribution in [-0.2, 0) is 9.36 Å². The lowest BCUT2D eigenvalue weighted by Gasteiger charge is -2.05. The van der Waals surface area contributed by atoms with Gasteiger partial charge in [0.25, 0.3) is 0 Å². The third-order valence-corrected chi connectivity index (χ3v) is 2.69. The number of carbonyl (C=O) groups is 1. The summed E-state index contributed by atoms with van der Waals surface area (Å²) in [7, 11) is -3.93. The fourth-order valence-corrected chi connectivity index (χ4v) is 1.60. The van der Waals surface area contributed by atoms with Gasteiger partial charge in [-0.1, -0.05) is 13.0 Å². The van der Waals surface area contributed by atoms with Crippen LogP contribution in [0.5, 0.6) is 0 Å². The summed E-state index contributed by atoms with van der Waals surface area (Å²) in [5.41, 5.74) is 0.583. The number of nitrogens with one attached hydrogen (secondary N) is 1. The van der Waals surface area contributed by atoms with Gasteiger partial charge in [-0.3, -0.25) is 9.36 Å². The maximum Gasteiger partial charge on any atom is 0.339 e. The van der Waals surface area contributed by atoms with Crippen LogP contribution in [0.25, 0.3) is 0 Å². The van der Waals surface area contributed by atoms with E-state index in [0.29, 0.717) is 18.5 Å². The van der Waals surface area contributed by atoms with E-state index in [9.17, 15) is 9.36 Å². The zero-order valence-corrected chi connectivity index (χ0v) is 10.5. The first-order valence-electron chi connectivity index (χ1n) is 5.27. The molecule has 0 amide bonds. The molecule has 0 rings (SSSR count). The highest BCUT2D eigenvalue weighted by molar-refractivity contribution is 7.51. The van der Waals surface area contributed by atoms with Gasteiger partial charge in [0.15, 0.2) is 5.78 Å². The van der Waals surface area contributed by atoms with Gasteiger partial charge in [0.05, 0.1) is 6.29 Å². The average molecular weight is 249 g/mol. The summed E-state index contributed by atoms with van der Waals surface area (Å²) >= 11 is 0. The van der Waals surface area contributed by atoms with Crippen molar-refractivity contribution in [3.8, 4) is 0 Å². The molecule has 0 aliphatic heterocycles. The van der Waals surface area contributed by atoms with Crippen LogP contribution in [0, 0.1) is 0 Å². The molecule has 6 heteroatoms. The summed E-state index contributed by atoms with van der Waals surface area (Å²) in [4.78, 5) is 28.2. The highest BCUT2D eigenvalue weighted by Crippen LogP contribution is 2.31. The minimum Gasteiger partial charge on any atom is -0.324 e. The molecule has 0 radical (unpaired) electrons. The van der Waals surface area contributed by atoms with Crippen molar-refractivity contribution in [2.75, 3.05) is 12.8 Å². The van der Waals surface area contributed by atoms with Gasteiger partial charge in [-0.25, -0.2) is 0 Å². The molecule has 0 saturated carbocycles. The van der Waals surface area contributed by atoms with E-state index in [1.165, 1.54) is 0 Å². The van der Waals surface area contributed by atoms with Crippen molar-refractivity contribution >= 4 is 13.4 Å². The quantitative estimate of drug-likeness (QED) is 0.327. The molecule has 0 atom stereocenters. The van der Waals surface area contributed by atoms with Crippen molar-refractivity contribution in [2.45, 2.75) is 32.6 Å². The smallest absolute Gasteiger partial charge is 0.324 e. The van der Waals surface area contributed by atoms with Gasteiger partial charge in [0, 0.05) is 6.42 Å². The number of hydrogen-bond donors (Lipinski definition) is 3. The molecule has 0 aromatic rings. The second-order valence-corrected chi connectivity index (χ2v) is 5.48. The number of unbranched alkanes of at least 4 members (excludes halogenated alkanes) is 2. The van der Waals surface area contributed by atoms with Gasteiger partial charge in [-0.2, -0.15) is 0 Å². The monoisotopic (exact) mass is 249 g/mol. The summed E-state index contributed by atoms with van der Waals surface area (Å²) in [6, 6.07) is 0. The lowest BCUT2D eigenvalue weighted by atomic mass is 10.1. The number of Topliss-reactive ketones (excluding diaryl/α,β-unsaturated/α-hetero) is 1. The Labute approximate surface area is 96.1 Å². The lowest BCUT2D eigenvalue weighted by molar-refractivity contribution is -0.115. The molecule has 16 heavy (non-hydrogen) atoms. The summed E-state index contributed by atoms with van der Waals surface area (Å²) in [5, 5.41) is 2.67. The first-order chi connectivity index (χ1) is 7.33. The standard InChI is InChI=1S/C10H20NO4P/c1-9(2)10(12)6-4-3-5-7-11-8-16(13,14)15/h11H,1,3-8H2,2H3,(H2,13,14,15). The van der Waals surface area contributed by atoms with Gasteiger partial charge in [-0.05, 0) is 31.9 Å². The van der Waals surface area contributed by atoms with Crippen LogP contribution in [0.4, 0.5) is 0 Å². The molecule has 3 N–H and O–H groups in total. The van der Waals surface area contributed by atoms with Gasteiger partial charge >= 0.3 is 7.60 Å². The predicted octanol–water partition coefficient (Wildman–Crippen LogP) is 1.42. The van der Waals surface area contributed by atoms with E-state index in [-0.39, 0.29) is 12.1 Å². The molecule has 94 valence electrons. The third-order valence-electron chi connectivity index (χ3n) is 2.05. The molecule has 0 spiro atoms. The van der Waals surface area contributed by atoms with Crippen molar-refractivity contribution in [1.29, 1.82) is 0 Å². The Morgan fingerprint density at radius 2 is 1.94 bits per heavy atom. The Balaban J connectivity index is 3.32. The molecule has 0 saturated heterocycles. The van der Waals surface area contributed by atoms with Gasteiger partial charge in [0.2, 0.25) is 0 Å². The number of hydrogen-bond acceptors (Lipinski definition) is 3. The Hall–Kier alpha value is -0.480. The van der Waals surface area contributed by atoms with Crippen LogP contribution in [0.2, 0.25) is 0 Å². The van der Waals surface area contributed by atoms with Crippen LogP contribution in [0.1, 0.15) is 32.6 Å². The molecular formula is C10H20NO4P. The van der Waals surface area contributed by atoms with Gasteiger partial charge in [0.1, 0.15) is 0 Å². The fraction of sp³-hybridized carbons (Fsp3) is 0.700. The van der Waals surface area contributed by atoms with Crippen molar-refractivity contribution in [3.05, 3.63) is 12.2 Å². The van der Waals surface area contributed by atoms with E-state index in [0.717, 1.165) is 19.3 Å². The minimum absolute atomic E-state index is 0.0863.